The van der Waals surface area contributed by atoms with Crippen LogP contribution in [0.1, 0.15) is 19.0 Å². The van der Waals surface area contributed by atoms with E-state index in [0.717, 1.165) is 0 Å². The van der Waals surface area contributed by atoms with Gasteiger partial charge in [-0.1, -0.05) is 18.5 Å². The lowest BCUT2D eigenvalue weighted by molar-refractivity contribution is -0.140. The summed E-state index contributed by atoms with van der Waals surface area (Å²) in [5.41, 5.74) is 0.530. The number of aromatic nitrogens is 1. The van der Waals surface area contributed by atoms with Crippen LogP contribution in [0.3, 0.4) is 0 Å². The first-order valence-corrected chi connectivity index (χ1v) is 6.99. The van der Waals surface area contributed by atoms with Crippen molar-refractivity contribution in [2.45, 2.75) is 13.3 Å². The lowest BCUT2D eigenvalue weighted by Crippen LogP contribution is -2.28. The van der Waals surface area contributed by atoms with Crippen molar-refractivity contribution in [2.75, 3.05) is 18.5 Å². The second kappa shape index (κ2) is 6.44. The van der Waals surface area contributed by atoms with Crippen LogP contribution in [-0.2, 0) is 4.79 Å². The molecule has 4 nitrogen and oxygen atoms in total. The molecule has 118 valence electrons. The van der Waals surface area contributed by atoms with E-state index in [0.29, 0.717) is 21.6 Å². The minimum absolute atomic E-state index is 0.184. The Balaban J connectivity index is 2.53. The summed E-state index contributed by atoms with van der Waals surface area (Å²) in [6, 6.07) is 6.06. The van der Waals surface area contributed by atoms with Gasteiger partial charge in [-0.05, 0) is 24.3 Å². The molecule has 1 atom stereocenters. The summed E-state index contributed by atoms with van der Waals surface area (Å²) in [4.78, 5) is 16.5. The first-order valence-electron chi connectivity index (χ1n) is 6.62. The molecule has 1 unspecified atom stereocenters. The maximum absolute atomic E-state index is 13.0. The molecule has 1 aromatic carbocycles. The van der Waals surface area contributed by atoms with Crippen molar-refractivity contribution in [2.24, 2.45) is 5.92 Å². The average Bonchev–Trinajstić information content (AvgIpc) is 2.45. The van der Waals surface area contributed by atoms with Gasteiger partial charge in [0.1, 0.15) is 5.69 Å². The highest BCUT2D eigenvalue weighted by atomic mass is 35.5. The average molecular weight is 329 g/mol. The Bertz CT molecular complexity index is 709. The molecule has 7 heteroatoms. The van der Waals surface area contributed by atoms with Crippen LogP contribution in [0.15, 0.2) is 24.3 Å². The van der Waals surface area contributed by atoms with Gasteiger partial charge in [-0.3, -0.25) is 4.79 Å². The van der Waals surface area contributed by atoms with Crippen LogP contribution in [-0.4, -0.2) is 29.7 Å². The molecule has 0 amide bonds. The molecule has 2 rings (SSSR count). The Morgan fingerprint density at radius 3 is 2.68 bits per heavy atom. The van der Waals surface area contributed by atoms with Crippen molar-refractivity contribution in [1.82, 2.24) is 4.98 Å². The molecule has 22 heavy (non-hydrogen) atoms. The smallest absolute Gasteiger partial charge is 0.308 e. The number of carboxylic acid groups (broad SMARTS) is 1. The molecule has 0 saturated carbocycles. The number of nitrogens with zero attached hydrogens (tertiary/aromatic N) is 2. The number of hydrogen-bond donors (Lipinski definition) is 1. The number of alkyl halides is 2. The van der Waals surface area contributed by atoms with Gasteiger partial charge in [-0.15, -0.1) is 0 Å². The fourth-order valence-electron chi connectivity index (χ4n) is 2.21. The Morgan fingerprint density at radius 2 is 2.09 bits per heavy atom. The number of pyridine rings is 1. The molecule has 1 aromatic heterocycles. The Kier molecular flexibility index (Phi) is 4.81. The van der Waals surface area contributed by atoms with Crippen LogP contribution in [0.2, 0.25) is 5.02 Å². The number of aliphatic carboxylic acids is 1. The zero-order valence-corrected chi connectivity index (χ0v) is 12.8. The summed E-state index contributed by atoms with van der Waals surface area (Å²) in [5, 5.41) is 10.1. The SMILES string of the molecule is CC(CN(C)c1cc(C(F)F)nc2ccc(Cl)cc12)C(=O)O. The van der Waals surface area contributed by atoms with Gasteiger partial charge in [-0.2, -0.15) is 0 Å². The van der Waals surface area contributed by atoms with Crippen molar-refractivity contribution < 1.29 is 18.7 Å². The third kappa shape index (κ3) is 3.44. The molecule has 1 N–H and O–H groups in total. The quantitative estimate of drug-likeness (QED) is 0.902. The largest absolute Gasteiger partial charge is 0.481 e. The van der Waals surface area contributed by atoms with Gasteiger partial charge in [0.05, 0.1) is 11.4 Å². The maximum atomic E-state index is 13.0. The van der Waals surface area contributed by atoms with Gasteiger partial charge in [0.25, 0.3) is 6.43 Å². The van der Waals surface area contributed by atoms with Crippen LogP contribution in [0.25, 0.3) is 10.9 Å². The molecule has 0 aliphatic heterocycles. The predicted octanol–water partition coefficient (Wildman–Crippen LogP) is 3.98. The van der Waals surface area contributed by atoms with Crippen molar-refractivity contribution in [3.05, 3.63) is 35.0 Å². The minimum atomic E-state index is -2.70. The third-order valence-corrected chi connectivity index (χ3v) is 3.61. The fraction of sp³-hybridized carbons (Fsp3) is 0.333. The van der Waals surface area contributed by atoms with Crippen LogP contribution >= 0.6 is 11.6 Å². The molecule has 0 spiro atoms. The van der Waals surface area contributed by atoms with E-state index in [2.05, 4.69) is 4.98 Å². The van der Waals surface area contributed by atoms with E-state index in [-0.39, 0.29) is 12.2 Å². The molecule has 0 bridgehead atoms. The van der Waals surface area contributed by atoms with Crippen LogP contribution < -0.4 is 4.90 Å². The number of halogens is 3. The molecule has 2 aromatic rings. The van der Waals surface area contributed by atoms with E-state index in [1.54, 1.807) is 37.1 Å². The highest BCUT2D eigenvalue weighted by molar-refractivity contribution is 6.31. The first-order chi connectivity index (χ1) is 10.3. The molecule has 0 aliphatic carbocycles. The predicted molar refractivity (Wildman–Crippen MR) is 81.8 cm³/mol. The highest BCUT2D eigenvalue weighted by Crippen LogP contribution is 2.32. The van der Waals surface area contributed by atoms with Crippen molar-refractivity contribution in [3.63, 3.8) is 0 Å². The fourth-order valence-corrected chi connectivity index (χ4v) is 2.39. The molecular weight excluding hydrogens is 314 g/mol. The molecule has 0 saturated heterocycles. The van der Waals surface area contributed by atoms with Gasteiger partial charge in [0.15, 0.2) is 0 Å². The summed E-state index contributed by atoms with van der Waals surface area (Å²) in [5.74, 6) is -1.58. The molecular formula is C15H15ClF2N2O2. The van der Waals surface area contributed by atoms with E-state index in [4.69, 9.17) is 16.7 Å². The first kappa shape index (κ1) is 16.4. The Morgan fingerprint density at radius 1 is 1.41 bits per heavy atom. The lowest BCUT2D eigenvalue weighted by Gasteiger charge is -2.23. The summed E-state index contributed by atoms with van der Waals surface area (Å²) in [6.07, 6.45) is -2.70. The van der Waals surface area contributed by atoms with Crippen LogP contribution in [0.4, 0.5) is 14.5 Å². The summed E-state index contributed by atoms with van der Waals surface area (Å²) >= 11 is 5.97. The van der Waals surface area contributed by atoms with Gasteiger partial charge in [0.2, 0.25) is 0 Å². The number of hydrogen-bond acceptors (Lipinski definition) is 3. The van der Waals surface area contributed by atoms with E-state index in [1.165, 1.54) is 6.07 Å². The monoisotopic (exact) mass is 328 g/mol. The van der Waals surface area contributed by atoms with Gasteiger partial charge in [0, 0.05) is 29.7 Å². The Hall–Kier alpha value is -1.95. The number of anilines is 1. The second-order valence-corrected chi connectivity index (χ2v) is 5.58. The molecule has 0 fully saturated rings. The number of carboxylic acids is 1. The van der Waals surface area contributed by atoms with Crippen molar-refractivity contribution >= 4 is 34.2 Å². The maximum Gasteiger partial charge on any atom is 0.308 e. The Labute approximate surface area is 131 Å². The van der Waals surface area contributed by atoms with Crippen LogP contribution in [0.5, 0.6) is 0 Å². The second-order valence-electron chi connectivity index (χ2n) is 5.15. The van der Waals surface area contributed by atoms with Crippen molar-refractivity contribution in [1.29, 1.82) is 0 Å². The van der Waals surface area contributed by atoms with E-state index >= 15 is 0 Å². The number of benzene rings is 1. The van der Waals surface area contributed by atoms with E-state index < -0.39 is 18.3 Å². The number of carbonyl (C=O) groups is 1. The zero-order chi connectivity index (χ0) is 16.4. The van der Waals surface area contributed by atoms with Crippen molar-refractivity contribution in [3.8, 4) is 0 Å². The summed E-state index contributed by atoms with van der Waals surface area (Å²) < 4.78 is 26.0. The normalized spacial score (nSPS) is 12.6. The lowest BCUT2D eigenvalue weighted by atomic mass is 10.1. The molecule has 0 radical (unpaired) electrons. The van der Waals surface area contributed by atoms with E-state index in [1.807, 2.05) is 0 Å². The minimum Gasteiger partial charge on any atom is -0.481 e. The molecule has 1 heterocycles. The summed E-state index contributed by atoms with van der Waals surface area (Å²) in [6.45, 7) is 1.74. The number of rotatable bonds is 5. The standard InChI is InChI=1S/C15H15ClF2N2O2/c1-8(15(21)22)7-20(2)13-6-12(14(17)18)19-11-4-3-9(16)5-10(11)13/h3-6,8,14H,7H2,1-2H3,(H,21,22). The molecule has 0 aliphatic rings. The summed E-state index contributed by atoms with van der Waals surface area (Å²) in [7, 11) is 1.66. The zero-order valence-electron chi connectivity index (χ0n) is 12.1. The topological polar surface area (TPSA) is 53.4 Å². The van der Waals surface area contributed by atoms with Crippen LogP contribution in [0, 0.1) is 5.92 Å². The van der Waals surface area contributed by atoms with E-state index in [9.17, 15) is 13.6 Å². The van der Waals surface area contributed by atoms with Gasteiger partial charge < -0.3 is 10.0 Å². The number of fused-ring (bicyclic) bond motifs is 1. The van der Waals surface area contributed by atoms with Gasteiger partial charge >= 0.3 is 5.97 Å². The third-order valence-electron chi connectivity index (χ3n) is 3.37. The van der Waals surface area contributed by atoms with Gasteiger partial charge in [-0.25, -0.2) is 13.8 Å². The highest BCUT2D eigenvalue weighted by Gasteiger charge is 2.19.